The summed E-state index contributed by atoms with van der Waals surface area (Å²) in [7, 11) is 5.70. The zero-order valence-corrected chi connectivity index (χ0v) is 90.8. The van der Waals surface area contributed by atoms with Crippen molar-refractivity contribution >= 4 is 57.5 Å². The van der Waals surface area contributed by atoms with Gasteiger partial charge in [-0.3, -0.25) is 14.3 Å². The first-order valence-corrected chi connectivity index (χ1v) is 45.7. The van der Waals surface area contributed by atoms with E-state index in [1.807, 2.05) is 101 Å². The molecule has 0 saturated heterocycles. The van der Waals surface area contributed by atoms with E-state index < -0.39 is 0 Å². The molecule has 0 saturated carbocycles. The monoisotopic (exact) mass is 1880 g/mol. The van der Waals surface area contributed by atoms with Crippen LogP contribution in [-0.2, 0) is 59.0 Å². The van der Waals surface area contributed by atoms with Gasteiger partial charge in [-0.05, 0) is 84.4 Å². The van der Waals surface area contributed by atoms with Gasteiger partial charge in [-0.15, -0.1) is 26.6 Å². The Morgan fingerprint density at radius 1 is 0.359 bits per heavy atom. The zero-order valence-electron chi connectivity index (χ0n) is 86.7. The van der Waals surface area contributed by atoms with Crippen LogP contribution in [0.25, 0.3) is 0 Å². The molecule has 0 fully saturated rings. The Bertz CT molecular complexity index is 3560. The molecular weight excluding hydrogens is 1710 g/mol. The maximum Gasteiger partial charge on any atom is 0.221 e. The first kappa shape index (κ1) is 135. The molecule has 13 aromatic heterocycles. The minimum absolute atomic E-state index is 0. The molecule has 13 aromatic rings. The van der Waals surface area contributed by atoms with E-state index in [1.54, 1.807) is 70.1 Å². The number of hydrogen-bond donors (Lipinski definition) is 0. The van der Waals surface area contributed by atoms with Gasteiger partial charge >= 0.3 is 0 Å². The molecule has 0 aromatic carbocycles. The molecule has 0 atom stereocenters. The summed E-state index contributed by atoms with van der Waals surface area (Å²) < 4.78 is 44.0. The van der Waals surface area contributed by atoms with Crippen LogP contribution in [0.3, 0.4) is 0 Å². The molecule has 13 heterocycles. The fraction of sp³-hybridized carbons (Fsp3) is 0.670. The predicted molar refractivity (Wildman–Crippen MR) is 540 cm³/mol. The van der Waals surface area contributed by atoms with Gasteiger partial charge in [0.05, 0.1) is 35.1 Å². The number of nitrogens with zero attached hydrogens (tertiary/aromatic N) is 24. The molecular formula is C94H176N24O5S5. The van der Waals surface area contributed by atoms with Crippen molar-refractivity contribution in [3.05, 3.63) is 186 Å². The molecule has 29 nitrogen and oxygen atoms in total. The highest BCUT2D eigenvalue weighted by molar-refractivity contribution is 7.07. The number of thiazole rings is 1. The zero-order chi connectivity index (χ0) is 99.2. The normalized spacial score (nSPS) is 10.8. The molecule has 0 aliphatic heterocycles. The topological polar surface area (TPSA) is 351 Å². The van der Waals surface area contributed by atoms with E-state index in [2.05, 4.69) is 399 Å². The lowest BCUT2D eigenvalue weighted by Gasteiger charge is -2.13. The van der Waals surface area contributed by atoms with Crippen LogP contribution in [0, 0.1) is 32.5 Å². The minimum Gasteiger partial charge on any atom is -0.452 e. The van der Waals surface area contributed by atoms with Crippen LogP contribution in [0.1, 0.15) is 366 Å². The lowest BCUT2D eigenvalue weighted by molar-refractivity contribution is 0.392. The van der Waals surface area contributed by atoms with Crippen LogP contribution in [-0.4, -0.2) is 118 Å². The number of aromatic nitrogens is 24. The Labute approximate surface area is 796 Å². The molecule has 0 radical (unpaired) electrons. The van der Waals surface area contributed by atoms with Gasteiger partial charge in [0.1, 0.15) is 53.4 Å². The summed E-state index contributed by atoms with van der Waals surface area (Å²) in [6.45, 7) is 96.6. The SMILES string of the molecule is C.C.CC(C)(C)C.CC(C)(C)C.CC(C)(C)C.CC(C)(C)C.CC(C)(C)C.CC(C)(C)C.CC(C)(C)c1ccon1.CC(C)(C)c1ccsn1.CC(C)(C)c1ncon1.CC(C)(C)c1ncsn1.CC(C)(C)c1nnco1.CC(C)(C)c1nnns1.Cn1ccc(C(C)(C)C)n1.Cn1ccnc1.Cn1cncn1.c1cocn1.c1cscn1.c1ncon1.c1ncsn1. The number of imidazole rings is 1. The highest BCUT2D eigenvalue weighted by Crippen LogP contribution is 2.24. The third kappa shape index (κ3) is 113. The van der Waals surface area contributed by atoms with Crippen molar-refractivity contribution in [2.75, 3.05) is 0 Å². The van der Waals surface area contributed by atoms with Crippen LogP contribution in [0.5, 0.6) is 0 Å². The van der Waals surface area contributed by atoms with Crippen LogP contribution in [0.4, 0.5) is 0 Å². The smallest absolute Gasteiger partial charge is 0.221 e. The summed E-state index contributed by atoms with van der Waals surface area (Å²) in [6, 6.07) is 6.02. The highest BCUT2D eigenvalue weighted by Gasteiger charge is 2.22. The summed E-state index contributed by atoms with van der Waals surface area (Å²) in [5.74, 6) is 2.37. The maximum atomic E-state index is 4.98. The van der Waals surface area contributed by atoms with Crippen LogP contribution in [0.2, 0.25) is 0 Å². The van der Waals surface area contributed by atoms with Crippen LogP contribution < -0.4 is 0 Å². The second-order valence-electron chi connectivity index (χ2n) is 44.6. The van der Waals surface area contributed by atoms with E-state index in [0.29, 0.717) is 38.4 Å². The molecule has 0 spiro atoms. The molecule has 128 heavy (non-hydrogen) atoms. The number of hydrogen-bond acceptors (Lipinski definition) is 31. The standard InChI is InChI=1S/C8H14N2.C7H11NO.C7H11NS.2C6H10N2O.C6H10N2S.C5H9N3S.6C5H12.C4H6N2.C3H5N3.C3H3NO.C3H3NS.C2H2N2O.C2H2N2S.2CH4/c1-8(2,3)7-5-6-10(4)9-7;2*1-7(2,3)6-4-5-9-8-6;1-6(2,3)5-8-7-4-9-5;2*1-6(2,3)5-7-4-9-8-5;1-5(2,3)4-6-7-8-9-4;6*1-5(2,3)4;1-6-3-2-5-4-6;1-6-3-4-2-5-6;2*1-2-5-3-4-1;2*1-3-2-5-4-1;;/h5-6H,1-4H3;2*4-5H,1-3H3;3*4H,1-3H3;1-3H3;6*1-4H3;2-4H,1H3;2-3H,1H3;2*1-3H;2*1-2H;2*1H4. The summed E-state index contributed by atoms with van der Waals surface area (Å²) in [4.78, 5) is 29.8. The van der Waals surface area contributed by atoms with Crippen molar-refractivity contribution in [3.8, 4) is 0 Å². The Morgan fingerprint density at radius 3 is 1.05 bits per heavy atom. The van der Waals surface area contributed by atoms with Gasteiger partial charge in [-0.25, -0.2) is 29.9 Å². The lowest BCUT2D eigenvalue weighted by Crippen LogP contribution is -2.12. The third-order valence-corrected chi connectivity index (χ3v) is 13.3. The van der Waals surface area contributed by atoms with Crippen molar-refractivity contribution < 1.29 is 22.4 Å². The van der Waals surface area contributed by atoms with Gasteiger partial charge in [0.25, 0.3) is 0 Å². The quantitative estimate of drug-likeness (QED) is 0.136. The van der Waals surface area contributed by atoms with Gasteiger partial charge in [-0.1, -0.05) is 346 Å². The molecule has 0 aliphatic carbocycles. The third-order valence-electron chi connectivity index (χ3n) is 10.3. The highest BCUT2D eigenvalue weighted by atomic mass is 32.1. The summed E-state index contributed by atoms with van der Waals surface area (Å²) in [5.41, 5.74) is 12.3. The lowest BCUT2D eigenvalue weighted by atomic mass is 9.93. The van der Waals surface area contributed by atoms with Gasteiger partial charge in [0.2, 0.25) is 25.1 Å². The van der Waals surface area contributed by atoms with Crippen LogP contribution >= 0.6 is 57.5 Å². The second kappa shape index (κ2) is 68.3. The Hall–Kier alpha value is -8.73. The van der Waals surface area contributed by atoms with Gasteiger partial charge < -0.3 is 27.0 Å². The molecule has 0 unspecified atom stereocenters. The van der Waals surface area contributed by atoms with E-state index in [0.717, 1.165) is 28.0 Å². The molecule has 0 bridgehead atoms. The molecule has 34 heteroatoms. The minimum atomic E-state index is -0.0174. The first-order chi connectivity index (χ1) is 56.9. The fourth-order valence-electron chi connectivity index (χ4n) is 5.15. The average molecular weight is 1880 g/mol. The Kier molecular flexibility index (Phi) is 71.9. The van der Waals surface area contributed by atoms with E-state index in [4.69, 9.17) is 8.94 Å². The Morgan fingerprint density at radius 2 is 0.898 bits per heavy atom. The maximum absolute atomic E-state index is 4.98. The summed E-state index contributed by atoms with van der Waals surface area (Å²) in [6.07, 6.45) is 25.2. The molecule has 0 amide bonds. The van der Waals surface area contributed by atoms with Crippen molar-refractivity contribution in [2.45, 2.75) is 364 Å². The number of aryl methyl sites for hydroxylation is 3. The molecule has 13 rings (SSSR count). The van der Waals surface area contributed by atoms with E-state index in [1.165, 1.54) is 103 Å². The van der Waals surface area contributed by atoms with Gasteiger partial charge in [0, 0.05) is 112 Å². The molecule has 0 aliphatic rings. The second-order valence-corrected chi connectivity index (χ2v) is 48.0. The van der Waals surface area contributed by atoms with Crippen molar-refractivity contribution in [1.82, 2.24) is 118 Å². The van der Waals surface area contributed by atoms with Gasteiger partial charge in [-0.2, -0.15) is 28.3 Å². The molecule has 0 N–H and O–H groups in total. The number of oxazole rings is 1. The van der Waals surface area contributed by atoms with E-state index >= 15 is 0 Å². The van der Waals surface area contributed by atoms with Crippen molar-refractivity contribution in [1.29, 1.82) is 0 Å². The number of rotatable bonds is 0. The van der Waals surface area contributed by atoms with Gasteiger partial charge in [0.15, 0.2) is 18.5 Å². The van der Waals surface area contributed by atoms with E-state index in [-0.39, 0.29) is 52.8 Å². The van der Waals surface area contributed by atoms with E-state index in [9.17, 15) is 0 Å². The first-order valence-electron chi connectivity index (χ1n) is 41.4. The molecule has 732 valence electrons. The average Bonchev–Trinajstić information content (AvgIpc) is 1.75. The summed E-state index contributed by atoms with van der Waals surface area (Å²) >= 11 is 7.23. The fourth-order valence-corrected chi connectivity index (χ4v) is 7.59. The Balaban J connectivity index is -0.000000199. The summed E-state index contributed by atoms with van der Waals surface area (Å²) in [5, 5.41) is 38.4. The van der Waals surface area contributed by atoms with Crippen molar-refractivity contribution in [2.24, 2.45) is 53.6 Å². The van der Waals surface area contributed by atoms with Crippen molar-refractivity contribution in [3.63, 3.8) is 0 Å². The van der Waals surface area contributed by atoms with Crippen LogP contribution in [0.15, 0.2) is 169 Å². The largest absolute Gasteiger partial charge is 0.452 e. The predicted octanol–water partition coefficient (Wildman–Crippen LogP) is 28.2.